The van der Waals surface area contributed by atoms with Crippen molar-refractivity contribution in [1.82, 2.24) is 4.90 Å². The second-order valence-corrected chi connectivity index (χ2v) is 7.78. The molecule has 0 saturated carbocycles. The smallest absolute Gasteiger partial charge is 0.323 e. The van der Waals surface area contributed by atoms with Gasteiger partial charge in [0.25, 0.3) is 5.91 Å². The van der Waals surface area contributed by atoms with Crippen LogP contribution in [0, 0.1) is 0 Å². The zero-order valence-electron chi connectivity index (χ0n) is 15.5. The van der Waals surface area contributed by atoms with Crippen LogP contribution in [0.5, 0.6) is 0 Å². The third kappa shape index (κ3) is 4.48. The third-order valence-corrected chi connectivity index (χ3v) is 5.45. The van der Waals surface area contributed by atoms with Crippen LogP contribution in [0.3, 0.4) is 0 Å². The fraction of sp³-hybridized carbons (Fsp3) is 0.0455. The molecular formula is C22H15ClN2O4S. The van der Waals surface area contributed by atoms with Gasteiger partial charge in [0.15, 0.2) is 5.17 Å². The zero-order chi connectivity index (χ0) is 21.1. The lowest BCUT2D eigenvalue weighted by atomic mass is 10.2. The fourth-order valence-corrected chi connectivity index (χ4v) is 3.91. The summed E-state index contributed by atoms with van der Waals surface area (Å²) in [6.07, 6.45) is 1.59. The lowest BCUT2D eigenvalue weighted by Crippen LogP contribution is -2.34. The molecule has 1 aromatic heterocycles. The van der Waals surface area contributed by atoms with Gasteiger partial charge in [-0.15, -0.1) is 0 Å². The zero-order valence-corrected chi connectivity index (χ0v) is 17.1. The van der Waals surface area contributed by atoms with E-state index in [2.05, 4.69) is 4.99 Å². The van der Waals surface area contributed by atoms with E-state index in [0.29, 0.717) is 32.3 Å². The predicted molar refractivity (Wildman–Crippen MR) is 118 cm³/mol. The molecule has 8 heteroatoms. The van der Waals surface area contributed by atoms with Crippen LogP contribution in [0.1, 0.15) is 5.76 Å². The van der Waals surface area contributed by atoms with Gasteiger partial charge in [0.05, 0.1) is 10.6 Å². The summed E-state index contributed by atoms with van der Waals surface area (Å²) in [7, 11) is 0. The molecule has 1 aliphatic rings. The van der Waals surface area contributed by atoms with Gasteiger partial charge in [0, 0.05) is 16.7 Å². The van der Waals surface area contributed by atoms with Gasteiger partial charge in [0.1, 0.15) is 18.1 Å². The number of carbonyl (C=O) groups excluding carboxylic acids is 1. The number of benzene rings is 2. The van der Waals surface area contributed by atoms with Crippen molar-refractivity contribution in [2.24, 2.45) is 4.99 Å². The Kier molecular flexibility index (Phi) is 5.74. The number of halogens is 1. The number of amides is 1. The fourth-order valence-electron chi connectivity index (χ4n) is 2.81. The highest BCUT2D eigenvalue weighted by atomic mass is 35.5. The number of hydrogen-bond acceptors (Lipinski definition) is 5. The van der Waals surface area contributed by atoms with Crippen LogP contribution < -0.4 is 0 Å². The summed E-state index contributed by atoms with van der Waals surface area (Å²) in [6.45, 7) is -0.469. The molecule has 1 amide bonds. The van der Waals surface area contributed by atoms with Crippen molar-refractivity contribution in [2.75, 3.05) is 6.54 Å². The minimum Gasteiger partial charge on any atom is -0.480 e. The molecule has 1 fully saturated rings. The van der Waals surface area contributed by atoms with E-state index < -0.39 is 18.4 Å². The van der Waals surface area contributed by atoms with Crippen LogP contribution in [0.15, 0.2) is 81.0 Å². The van der Waals surface area contributed by atoms with Crippen LogP contribution >= 0.6 is 23.4 Å². The van der Waals surface area contributed by atoms with Crippen molar-refractivity contribution in [3.8, 4) is 11.3 Å². The largest absolute Gasteiger partial charge is 0.480 e. The summed E-state index contributed by atoms with van der Waals surface area (Å²) >= 11 is 7.03. The molecule has 4 rings (SSSR count). The molecule has 0 atom stereocenters. The Morgan fingerprint density at radius 1 is 1.10 bits per heavy atom. The van der Waals surface area contributed by atoms with Gasteiger partial charge in [-0.2, -0.15) is 0 Å². The number of aliphatic imine (C=N–C) groups is 1. The SMILES string of the molecule is O=C(O)CN1C(=O)/C(=C/c2ccc(-c3ccc(Cl)cc3)o2)SC1=Nc1ccccc1. The molecule has 0 unspecified atom stereocenters. The second kappa shape index (κ2) is 8.61. The topological polar surface area (TPSA) is 83.1 Å². The molecule has 150 valence electrons. The normalized spacial score (nSPS) is 16.6. The Morgan fingerprint density at radius 2 is 1.83 bits per heavy atom. The van der Waals surface area contributed by atoms with Crippen molar-refractivity contribution >= 4 is 52.2 Å². The van der Waals surface area contributed by atoms with Gasteiger partial charge in [0.2, 0.25) is 0 Å². The highest BCUT2D eigenvalue weighted by molar-refractivity contribution is 8.18. The highest BCUT2D eigenvalue weighted by Gasteiger charge is 2.35. The number of thioether (sulfide) groups is 1. The molecule has 1 N–H and O–H groups in total. The van der Waals surface area contributed by atoms with Gasteiger partial charge >= 0.3 is 5.97 Å². The van der Waals surface area contributed by atoms with Crippen LogP contribution in [-0.4, -0.2) is 33.6 Å². The lowest BCUT2D eigenvalue weighted by Gasteiger charge is -2.12. The van der Waals surface area contributed by atoms with Gasteiger partial charge < -0.3 is 9.52 Å². The van der Waals surface area contributed by atoms with Crippen molar-refractivity contribution in [3.05, 3.63) is 82.4 Å². The van der Waals surface area contributed by atoms with Crippen molar-refractivity contribution in [3.63, 3.8) is 0 Å². The maximum Gasteiger partial charge on any atom is 0.323 e. The molecule has 1 saturated heterocycles. The third-order valence-electron chi connectivity index (χ3n) is 4.19. The highest BCUT2D eigenvalue weighted by Crippen LogP contribution is 2.35. The summed E-state index contributed by atoms with van der Waals surface area (Å²) in [5.41, 5.74) is 1.49. The molecule has 0 spiro atoms. The van der Waals surface area contributed by atoms with Crippen molar-refractivity contribution in [2.45, 2.75) is 0 Å². The molecule has 2 aromatic carbocycles. The number of carboxylic acids is 1. The molecule has 3 aromatic rings. The number of carboxylic acid groups (broad SMARTS) is 1. The number of para-hydroxylation sites is 1. The summed E-state index contributed by atoms with van der Waals surface area (Å²) in [6, 6.07) is 19.8. The first-order valence-corrected chi connectivity index (χ1v) is 10.1. The molecule has 0 bridgehead atoms. The van der Waals surface area contributed by atoms with E-state index in [1.165, 1.54) is 0 Å². The van der Waals surface area contributed by atoms with Crippen LogP contribution in [-0.2, 0) is 9.59 Å². The first-order chi connectivity index (χ1) is 14.5. The van der Waals surface area contributed by atoms with Gasteiger partial charge in [-0.05, 0) is 60.3 Å². The Bertz CT molecular complexity index is 1150. The minimum absolute atomic E-state index is 0.310. The Labute approximate surface area is 181 Å². The minimum atomic E-state index is -1.12. The van der Waals surface area contributed by atoms with E-state index in [0.717, 1.165) is 22.2 Å². The summed E-state index contributed by atoms with van der Waals surface area (Å²) in [5, 5.41) is 10.1. The van der Waals surface area contributed by atoms with E-state index in [4.69, 9.17) is 16.0 Å². The van der Waals surface area contributed by atoms with Crippen molar-refractivity contribution < 1.29 is 19.1 Å². The number of nitrogens with zero attached hydrogens (tertiary/aromatic N) is 2. The van der Waals surface area contributed by atoms with E-state index in [1.807, 2.05) is 30.3 Å². The molecule has 30 heavy (non-hydrogen) atoms. The number of amidine groups is 1. The van der Waals surface area contributed by atoms with Crippen LogP contribution in [0.4, 0.5) is 5.69 Å². The molecular weight excluding hydrogens is 424 g/mol. The van der Waals surface area contributed by atoms with Crippen LogP contribution in [0.25, 0.3) is 17.4 Å². The molecule has 6 nitrogen and oxygen atoms in total. The summed E-state index contributed by atoms with van der Waals surface area (Å²) in [4.78, 5) is 30.0. The number of aliphatic carboxylic acids is 1. The van der Waals surface area contributed by atoms with E-state index in [1.54, 1.807) is 42.5 Å². The summed E-state index contributed by atoms with van der Waals surface area (Å²) in [5.74, 6) is -0.433. The monoisotopic (exact) mass is 438 g/mol. The number of carbonyl (C=O) groups is 2. The van der Waals surface area contributed by atoms with E-state index in [9.17, 15) is 14.7 Å². The standard InChI is InChI=1S/C22H15ClN2O4S/c23-15-8-6-14(7-9-15)18-11-10-17(29-18)12-19-21(28)25(13-20(26)27)22(30-19)24-16-4-2-1-3-5-16/h1-12H,13H2,(H,26,27)/b19-12-,24-22?. The second-order valence-electron chi connectivity index (χ2n) is 6.33. The van der Waals surface area contributed by atoms with Gasteiger partial charge in [-0.3, -0.25) is 14.5 Å². The quantitative estimate of drug-likeness (QED) is 0.547. The van der Waals surface area contributed by atoms with Crippen LogP contribution in [0.2, 0.25) is 5.02 Å². The maximum absolute atomic E-state index is 12.8. The molecule has 0 radical (unpaired) electrons. The van der Waals surface area contributed by atoms with Gasteiger partial charge in [-0.1, -0.05) is 29.8 Å². The Balaban J connectivity index is 1.63. The molecule has 2 heterocycles. The lowest BCUT2D eigenvalue weighted by molar-refractivity contribution is -0.140. The average molecular weight is 439 g/mol. The average Bonchev–Trinajstić information content (AvgIpc) is 3.30. The first-order valence-electron chi connectivity index (χ1n) is 8.92. The number of furan rings is 1. The Morgan fingerprint density at radius 3 is 2.53 bits per heavy atom. The first kappa shape index (κ1) is 20.0. The van der Waals surface area contributed by atoms with Gasteiger partial charge in [-0.25, -0.2) is 4.99 Å². The van der Waals surface area contributed by atoms with E-state index >= 15 is 0 Å². The Hall–Kier alpha value is -3.29. The molecule has 1 aliphatic heterocycles. The molecule has 0 aliphatic carbocycles. The maximum atomic E-state index is 12.8. The summed E-state index contributed by atoms with van der Waals surface area (Å²) < 4.78 is 5.83. The van der Waals surface area contributed by atoms with Crippen molar-refractivity contribution in [1.29, 1.82) is 0 Å². The number of rotatable bonds is 5. The van der Waals surface area contributed by atoms with E-state index in [-0.39, 0.29) is 0 Å². The predicted octanol–water partition coefficient (Wildman–Crippen LogP) is 5.29. The number of hydrogen-bond donors (Lipinski definition) is 1.